The van der Waals surface area contributed by atoms with Crippen LogP contribution in [0.15, 0.2) is 54.6 Å². The lowest BCUT2D eigenvalue weighted by Gasteiger charge is -1.98. The first kappa shape index (κ1) is 12.8. The van der Waals surface area contributed by atoms with E-state index in [1.165, 1.54) is 0 Å². The standard InChI is InChI=1S/C17H14N3O2/c1-2-18-15-5-3-4-6-16(15)19-14-9-8-13(20(21)22)11-12(14)7-10-17(18)19/h3-11H,2H2,1H3/q+1. The first-order valence-corrected chi connectivity index (χ1v) is 7.21. The zero-order chi connectivity index (χ0) is 15.3. The van der Waals surface area contributed by atoms with Crippen LogP contribution in [0.25, 0.3) is 27.6 Å². The second-order valence-electron chi connectivity index (χ2n) is 5.26. The van der Waals surface area contributed by atoms with Crippen LogP contribution in [0.1, 0.15) is 6.92 Å². The summed E-state index contributed by atoms with van der Waals surface area (Å²) in [5, 5.41) is 11.8. The molecule has 0 saturated heterocycles. The normalized spacial score (nSPS) is 11.5. The molecule has 2 heterocycles. The van der Waals surface area contributed by atoms with Crippen LogP contribution in [-0.2, 0) is 6.54 Å². The Morgan fingerprint density at radius 1 is 1.09 bits per heavy atom. The molecular formula is C17H14N3O2+. The largest absolute Gasteiger partial charge is 0.287 e. The molecule has 0 aliphatic heterocycles. The maximum atomic E-state index is 11.0. The Kier molecular flexibility index (Phi) is 2.63. The molecule has 0 spiro atoms. The van der Waals surface area contributed by atoms with Crippen molar-refractivity contribution in [2.24, 2.45) is 0 Å². The average Bonchev–Trinajstić information content (AvgIpc) is 2.88. The first-order chi connectivity index (χ1) is 10.7. The molecule has 5 nitrogen and oxygen atoms in total. The Bertz CT molecular complexity index is 1050. The van der Waals surface area contributed by atoms with Crippen LogP contribution in [0.4, 0.5) is 5.69 Å². The Morgan fingerprint density at radius 3 is 2.68 bits per heavy atom. The molecule has 0 aliphatic rings. The second kappa shape index (κ2) is 4.53. The van der Waals surface area contributed by atoms with E-state index in [0.29, 0.717) is 0 Å². The highest BCUT2D eigenvalue weighted by atomic mass is 16.6. The molecule has 0 aliphatic carbocycles. The molecule has 108 valence electrons. The molecule has 0 radical (unpaired) electrons. The minimum atomic E-state index is -0.358. The van der Waals surface area contributed by atoms with E-state index in [-0.39, 0.29) is 10.6 Å². The van der Waals surface area contributed by atoms with Gasteiger partial charge in [-0.05, 0) is 31.2 Å². The highest BCUT2D eigenvalue weighted by Crippen LogP contribution is 2.23. The van der Waals surface area contributed by atoms with Crippen LogP contribution in [0.5, 0.6) is 0 Å². The Hall–Kier alpha value is -2.95. The van der Waals surface area contributed by atoms with Crippen molar-refractivity contribution in [2.45, 2.75) is 13.5 Å². The van der Waals surface area contributed by atoms with E-state index in [4.69, 9.17) is 0 Å². The van der Waals surface area contributed by atoms with Crippen molar-refractivity contribution < 1.29 is 9.32 Å². The summed E-state index contributed by atoms with van der Waals surface area (Å²) in [7, 11) is 0. The summed E-state index contributed by atoms with van der Waals surface area (Å²) < 4.78 is 4.41. The fourth-order valence-electron chi connectivity index (χ4n) is 3.16. The fraction of sp³-hybridized carbons (Fsp3) is 0.118. The van der Waals surface area contributed by atoms with E-state index >= 15 is 0 Å². The molecule has 5 heteroatoms. The van der Waals surface area contributed by atoms with Gasteiger partial charge in [0, 0.05) is 23.6 Å². The van der Waals surface area contributed by atoms with Gasteiger partial charge in [-0.2, -0.15) is 4.40 Å². The van der Waals surface area contributed by atoms with E-state index in [2.05, 4.69) is 28.0 Å². The van der Waals surface area contributed by atoms with Crippen LogP contribution < -0.4 is 4.40 Å². The predicted octanol–water partition coefficient (Wildman–Crippen LogP) is 3.46. The van der Waals surface area contributed by atoms with Crippen molar-refractivity contribution in [3.05, 3.63) is 64.7 Å². The number of nitrogens with zero attached hydrogens (tertiary/aromatic N) is 3. The van der Waals surface area contributed by atoms with Crippen LogP contribution in [0.2, 0.25) is 0 Å². The number of rotatable bonds is 2. The highest BCUT2D eigenvalue weighted by Gasteiger charge is 2.20. The molecule has 2 aromatic heterocycles. The number of non-ortho nitro benzene ring substituents is 1. The number of hydrogen-bond donors (Lipinski definition) is 0. The zero-order valence-corrected chi connectivity index (χ0v) is 12.1. The topological polar surface area (TPSA) is 52.2 Å². The minimum Gasteiger partial charge on any atom is -0.258 e. The molecule has 4 rings (SSSR count). The van der Waals surface area contributed by atoms with Gasteiger partial charge in [0.1, 0.15) is 5.52 Å². The number of nitro benzene ring substituents is 1. The highest BCUT2D eigenvalue weighted by molar-refractivity contribution is 5.84. The van der Waals surface area contributed by atoms with Crippen molar-refractivity contribution in [1.82, 2.24) is 4.57 Å². The van der Waals surface area contributed by atoms with E-state index in [9.17, 15) is 10.1 Å². The van der Waals surface area contributed by atoms with E-state index in [0.717, 1.165) is 34.1 Å². The number of nitro groups is 1. The number of benzene rings is 2. The van der Waals surface area contributed by atoms with Crippen molar-refractivity contribution in [2.75, 3.05) is 0 Å². The number of hydrogen-bond acceptors (Lipinski definition) is 2. The molecule has 4 aromatic rings. The van der Waals surface area contributed by atoms with Crippen molar-refractivity contribution in [3.8, 4) is 0 Å². The van der Waals surface area contributed by atoms with Crippen LogP contribution in [0, 0.1) is 10.1 Å². The van der Waals surface area contributed by atoms with Gasteiger partial charge in [0.05, 0.1) is 11.5 Å². The summed E-state index contributed by atoms with van der Waals surface area (Å²) in [6.07, 6.45) is 0. The van der Waals surface area contributed by atoms with Gasteiger partial charge in [-0.15, -0.1) is 0 Å². The van der Waals surface area contributed by atoms with Crippen molar-refractivity contribution in [1.29, 1.82) is 0 Å². The molecule has 0 saturated carbocycles. The monoisotopic (exact) mass is 292 g/mol. The van der Waals surface area contributed by atoms with Gasteiger partial charge in [-0.1, -0.05) is 12.1 Å². The lowest BCUT2D eigenvalue weighted by Crippen LogP contribution is -2.21. The summed E-state index contributed by atoms with van der Waals surface area (Å²) in [5.41, 5.74) is 4.46. The molecule has 2 aromatic carbocycles. The van der Waals surface area contributed by atoms with Gasteiger partial charge in [0.2, 0.25) is 0 Å². The minimum absolute atomic E-state index is 0.117. The number of imidazole rings is 1. The molecule has 0 N–H and O–H groups in total. The quantitative estimate of drug-likeness (QED) is 0.323. The van der Waals surface area contributed by atoms with Crippen LogP contribution in [-0.4, -0.2) is 9.49 Å². The summed E-state index contributed by atoms with van der Waals surface area (Å²) >= 11 is 0. The van der Waals surface area contributed by atoms with Gasteiger partial charge in [0.15, 0.2) is 11.0 Å². The van der Waals surface area contributed by atoms with E-state index in [1.54, 1.807) is 12.1 Å². The summed E-state index contributed by atoms with van der Waals surface area (Å²) in [6, 6.07) is 17.2. The van der Waals surface area contributed by atoms with Gasteiger partial charge < -0.3 is 0 Å². The van der Waals surface area contributed by atoms with Crippen LogP contribution in [0.3, 0.4) is 0 Å². The maximum Gasteiger partial charge on any atom is 0.287 e. The molecule has 0 bridgehead atoms. The zero-order valence-electron chi connectivity index (χ0n) is 12.1. The SMILES string of the molecule is CCn1c2ccccc2[n+]2c3ccc([N+](=O)[O-])cc3ccc12. The van der Waals surface area contributed by atoms with E-state index < -0.39 is 0 Å². The van der Waals surface area contributed by atoms with Gasteiger partial charge in [-0.25, -0.2) is 4.57 Å². The third-order valence-electron chi connectivity index (χ3n) is 4.11. The molecule has 0 fully saturated rings. The summed E-state index contributed by atoms with van der Waals surface area (Å²) in [5.74, 6) is 0. The lowest BCUT2D eigenvalue weighted by molar-refractivity contribution is -0.450. The molecule has 22 heavy (non-hydrogen) atoms. The van der Waals surface area contributed by atoms with Crippen LogP contribution >= 0.6 is 0 Å². The molecule has 0 amide bonds. The molecule has 0 unspecified atom stereocenters. The van der Waals surface area contributed by atoms with Crippen molar-refractivity contribution >= 4 is 33.3 Å². The number of fused-ring (bicyclic) bond motifs is 5. The predicted molar refractivity (Wildman–Crippen MR) is 84.9 cm³/mol. The first-order valence-electron chi connectivity index (χ1n) is 7.21. The second-order valence-corrected chi connectivity index (χ2v) is 5.26. The van der Waals surface area contributed by atoms with Gasteiger partial charge >= 0.3 is 0 Å². The van der Waals surface area contributed by atoms with E-state index in [1.807, 2.05) is 30.3 Å². The maximum absolute atomic E-state index is 11.0. The third-order valence-corrected chi connectivity index (χ3v) is 4.11. The number of para-hydroxylation sites is 2. The summed E-state index contributed by atoms with van der Waals surface area (Å²) in [4.78, 5) is 10.6. The average molecular weight is 292 g/mol. The fourth-order valence-corrected chi connectivity index (χ4v) is 3.16. The lowest BCUT2D eigenvalue weighted by atomic mass is 10.2. The number of aromatic nitrogens is 2. The Balaban J connectivity index is 2.22. The smallest absolute Gasteiger partial charge is 0.258 e. The number of pyridine rings is 1. The summed E-state index contributed by atoms with van der Waals surface area (Å²) in [6.45, 7) is 2.99. The Labute approximate surface area is 126 Å². The van der Waals surface area contributed by atoms with Crippen molar-refractivity contribution in [3.63, 3.8) is 0 Å². The molecule has 0 atom stereocenters. The third kappa shape index (κ3) is 1.62. The Morgan fingerprint density at radius 2 is 1.91 bits per heavy atom. The van der Waals surface area contributed by atoms with Gasteiger partial charge in [0.25, 0.3) is 11.3 Å². The van der Waals surface area contributed by atoms with Gasteiger partial charge in [-0.3, -0.25) is 10.1 Å². The number of aryl methyl sites for hydroxylation is 1. The molecular weight excluding hydrogens is 278 g/mol.